The molecule has 1 aliphatic rings. The van der Waals surface area contributed by atoms with Gasteiger partial charge in [0.25, 0.3) is 0 Å². The van der Waals surface area contributed by atoms with Crippen LogP contribution >= 0.6 is 11.6 Å². The van der Waals surface area contributed by atoms with E-state index in [0.717, 1.165) is 31.7 Å². The van der Waals surface area contributed by atoms with Crippen LogP contribution in [0.5, 0.6) is 0 Å². The van der Waals surface area contributed by atoms with E-state index < -0.39 is 17.6 Å². The smallest absolute Gasteiger partial charge is 0.313 e. The topological polar surface area (TPSA) is 49.4 Å². The average Bonchev–Trinajstić information content (AvgIpc) is 2.71. The lowest BCUT2D eigenvalue weighted by Gasteiger charge is -2.19. The summed E-state index contributed by atoms with van der Waals surface area (Å²) in [5, 5.41) is 2.35. The molecule has 20 heavy (non-hydrogen) atoms. The van der Waals surface area contributed by atoms with Gasteiger partial charge >= 0.3 is 11.8 Å². The molecule has 0 saturated carbocycles. The Morgan fingerprint density at radius 1 is 1.15 bits per heavy atom. The van der Waals surface area contributed by atoms with Crippen molar-refractivity contribution in [1.82, 2.24) is 4.90 Å². The number of rotatable bonds is 1. The molecular weight excluding hydrogens is 283 g/mol. The highest BCUT2D eigenvalue weighted by atomic mass is 35.5. The van der Waals surface area contributed by atoms with E-state index in [1.807, 2.05) is 0 Å². The van der Waals surface area contributed by atoms with Crippen LogP contribution in [0.1, 0.15) is 25.7 Å². The summed E-state index contributed by atoms with van der Waals surface area (Å²) in [5.41, 5.74) is 0.310. The van der Waals surface area contributed by atoms with E-state index in [-0.39, 0.29) is 5.02 Å². The Hall–Kier alpha value is -1.62. The molecule has 0 bridgehead atoms. The summed E-state index contributed by atoms with van der Waals surface area (Å²) in [7, 11) is 0. The molecule has 1 saturated heterocycles. The monoisotopic (exact) mass is 298 g/mol. The largest absolute Gasteiger partial charge is 0.334 e. The van der Waals surface area contributed by atoms with E-state index in [0.29, 0.717) is 18.8 Å². The van der Waals surface area contributed by atoms with E-state index in [1.165, 1.54) is 12.1 Å². The number of halogens is 2. The van der Waals surface area contributed by atoms with Gasteiger partial charge in [-0.1, -0.05) is 24.4 Å². The molecule has 1 N–H and O–H groups in total. The lowest BCUT2D eigenvalue weighted by Crippen LogP contribution is -2.40. The first kappa shape index (κ1) is 14.8. The summed E-state index contributed by atoms with van der Waals surface area (Å²) >= 11 is 5.63. The van der Waals surface area contributed by atoms with Crippen molar-refractivity contribution < 1.29 is 14.0 Å². The highest BCUT2D eigenvalue weighted by Gasteiger charge is 2.22. The number of nitrogens with zero attached hydrogens (tertiary/aromatic N) is 1. The highest BCUT2D eigenvalue weighted by molar-refractivity contribution is 6.39. The standard InChI is InChI=1S/C14H16ClFN2O2/c15-11-9-10(5-6-12(11)16)17-13(19)14(20)18-7-3-1-2-4-8-18/h5-6,9H,1-4,7-8H2,(H,17,19). The fourth-order valence-electron chi connectivity index (χ4n) is 2.18. The predicted molar refractivity (Wildman–Crippen MR) is 75.1 cm³/mol. The molecule has 1 aromatic rings. The van der Waals surface area contributed by atoms with Gasteiger partial charge in [-0.3, -0.25) is 9.59 Å². The van der Waals surface area contributed by atoms with Crippen molar-refractivity contribution in [3.8, 4) is 0 Å². The number of carbonyl (C=O) groups is 2. The van der Waals surface area contributed by atoms with Crippen LogP contribution in [0.2, 0.25) is 5.02 Å². The summed E-state index contributed by atoms with van der Waals surface area (Å²) in [6.07, 6.45) is 4.00. The maximum absolute atomic E-state index is 13.0. The molecule has 0 unspecified atom stereocenters. The Bertz CT molecular complexity index is 514. The Kier molecular flexibility index (Phi) is 4.95. The second kappa shape index (κ2) is 6.70. The molecule has 1 aromatic carbocycles. The third-order valence-electron chi connectivity index (χ3n) is 3.26. The molecule has 0 aromatic heterocycles. The zero-order chi connectivity index (χ0) is 14.5. The predicted octanol–water partition coefficient (Wildman–Crippen LogP) is 2.82. The average molecular weight is 299 g/mol. The van der Waals surface area contributed by atoms with E-state index in [9.17, 15) is 14.0 Å². The summed E-state index contributed by atoms with van der Waals surface area (Å²) in [4.78, 5) is 25.5. The number of benzene rings is 1. The maximum atomic E-state index is 13.0. The van der Waals surface area contributed by atoms with Gasteiger partial charge in [0.2, 0.25) is 0 Å². The summed E-state index contributed by atoms with van der Waals surface area (Å²) in [6, 6.07) is 3.80. The molecule has 2 amide bonds. The molecule has 0 atom stereocenters. The van der Waals surface area contributed by atoms with Gasteiger partial charge in [0.15, 0.2) is 0 Å². The zero-order valence-electron chi connectivity index (χ0n) is 11.0. The number of anilines is 1. The van der Waals surface area contributed by atoms with Crippen LogP contribution in [0.4, 0.5) is 10.1 Å². The van der Waals surface area contributed by atoms with Crippen molar-refractivity contribution in [3.63, 3.8) is 0 Å². The van der Waals surface area contributed by atoms with E-state index >= 15 is 0 Å². The highest BCUT2D eigenvalue weighted by Crippen LogP contribution is 2.19. The molecule has 1 fully saturated rings. The normalized spacial score (nSPS) is 15.6. The first-order chi connectivity index (χ1) is 9.58. The SMILES string of the molecule is O=C(Nc1ccc(F)c(Cl)c1)C(=O)N1CCCCCC1. The fourth-order valence-corrected chi connectivity index (χ4v) is 2.36. The van der Waals surface area contributed by atoms with Crippen molar-refractivity contribution >= 4 is 29.1 Å². The molecule has 0 aliphatic carbocycles. The number of nitrogens with one attached hydrogen (secondary N) is 1. The molecule has 0 spiro atoms. The minimum atomic E-state index is -0.713. The van der Waals surface area contributed by atoms with Crippen molar-refractivity contribution in [2.75, 3.05) is 18.4 Å². The summed E-state index contributed by atoms with van der Waals surface area (Å²) in [6.45, 7) is 1.22. The first-order valence-electron chi connectivity index (χ1n) is 6.63. The molecule has 4 nitrogen and oxygen atoms in total. The second-order valence-corrected chi connectivity index (χ2v) is 5.20. The minimum Gasteiger partial charge on any atom is -0.334 e. The zero-order valence-corrected chi connectivity index (χ0v) is 11.8. The van der Waals surface area contributed by atoms with Crippen molar-refractivity contribution in [3.05, 3.63) is 29.0 Å². The van der Waals surface area contributed by atoms with E-state index in [1.54, 1.807) is 4.90 Å². The van der Waals surface area contributed by atoms with Gasteiger partial charge in [-0.25, -0.2) is 4.39 Å². The van der Waals surface area contributed by atoms with Crippen LogP contribution in [-0.2, 0) is 9.59 Å². The number of hydrogen-bond donors (Lipinski definition) is 1. The van der Waals surface area contributed by atoms with E-state index in [2.05, 4.69) is 5.32 Å². The van der Waals surface area contributed by atoms with Crippen molar-refractivity contribution in [1.29, 1.82) is 0 Å². The molecular formula is C14H16ClFN2O2. The first-order valence-corrected chi connectivity index (χ1v) is 7.01. The number of carbonyl (C=O) groups excluding carboxylic acids is 2. The number of hydrogen-bond acceptors (Lipinski definition) is 2. The third kappa shape index (κ3) is 3.70. The molecule has 0 radical (unpaired) electrons. The summed E-state index contributed by atoms with van der Waals surface area (Å²) in [5.74, 6) is -1.83. The van der Waals surface area contributed by atoms with Crippen LogP contribution in [0.3, 0.4) is 0 Å². The fraction of sp³-hybridized carbons (Fsp3) is 0.429. The van der Waals surface area contributed by atoms with Crippen molar-refractivity contribution in [2.24, 2.45) is 0 Å². The number of amides is 2. The van der Waals surface area contributed by atoms with E-state index in [4.69, 9.17) is 11.6 Å². The Labute approximate surface area is 121 Å². The van der Waals surface area contributed by atoms with Gasteiger partial charge < -0.3 is 10.2 Å². The molecule has 108 valence electrons. The van der Waals surface area contributed by atoms with Gasteiger partial charge in [0, 0.05) is 18.8 Å². The van der Waals surface area contributed by atoms with Gasteiger partial charge in [-0.15, -0.1) is 0 Å². The van der Waals surface area contributed by atoms with Crippen LogP contribution in [0, 0.1) is 5.82 Å². The van der Waals surface area contributed by atoms with Crippen LogP contribution in [-0.4, -0.2) is 29.8 Å². The van der Waals surface area contributed by atoms with Crippen LogP contribution < -0.4 is 5.32 Å². The second-order valence-electron chi connectivity index (χ2n) is 4.79. The number of likely N-dealkylation sites (tertiary alicyclic amines) is 1. The molecule has 1 aliphatic heterocycles. The lowest BCUT2D eigenvalue weighted by atomic mass is 10.2. The molecule has 6 heteroatoms. The quantitative estimate of drug-likeness (QED) is 0.811. The molecule has 1 heterocycles. The van der Waals surface area contributed by atoms with Crippen LogP contribution in [0.25, 0.3) is 0 Å². The third-order valence-corrected chi connectivity index (χ3v) is 3.55. The van der Waals surface area contributed by atoms with Gasteiger partial charge in [0.1, 0.15) is 5.82 Å². The van der Waals surface area contributed by atoms with Gasteiger partial charge in [0.05, 0.1) is 5.02 Å². The van der Waals surface area contributed by atoms with Gasteiger partial charge in [-0.05, 0) is 31.0 Å². The Balaban J connectivity index is 1.99. The Morgan fingerprint density at radius 2 is 1.80 bits per heavy atom. The lowest BCUT2D eigenvalue weighted by molar-refractivity contribution is -0.143. The molecule has 2 rings (SSSR count). The maximum Gasteiger partial charge on any atom is 0.313 e. The van der Waals surface area contributed by atoms with Crippen LogP contribution in [0.15, 0.2) is 18.2 Å². The van der Waals surface area contributed by atoms with Gasteiger partial charge in [-0.2, -0.15) is 0 Å². The van der Waals surface area contributed by atoms with Crippen molar-refractivity contribution in [2.45, 2.75) is 25.7 Å². The minimum absolute atomic E-state index is 0.0926. The Morgan fingerprint density at radius 3 is 2.40 bits per heavy atom. The summed E-state index contributed by atoms with van der Waals surface area (Å²) < 4.78 is 13.0.